The smallest absolute Gasteiger partial charge is 0.245 e. The Morgan fingerprint density at radius 1 is 0.700 bits per heavy atom. The van der Waals surface area contributed by atoms with Crippen molar-refractivity contribution < 1.29 is 9.21 Å². The van der Waals surface area contributed by atoms with Crippen LogP contribution in [0.15, 0.2) is 108 Å². The molecule has 3 aromatic carbocycles. The van der Waals surface area contributed by atoms with Crippen LogP contribution in [0, 0.1) is 0 Å². The molecule has 3 aromatic heterocycles. The van der Waals surface area contributed by atoms with Crippen LogP contribution in [0.4, 0.5) is 0 Å². The average Bonchev–Trinajstić information content (AvgIpc) is 3.41. The fraction of sp³-hybridized carbons (Fsp3) is 0. The zero-order chi connectivity index (χ0) is 20.1. The van der Waals surface area contributed by atoms with Gasteiger partial charge in [0.15, 0.2) is 5.76 Å². The van der Waals surface area contributed by atoms with E-state index in [1.54, 1.807) is 0 Å². The number of pyridine rings is 1. The summed E-state index contributed by atoms with van der Waals surface area (Å²) in [7, 11) is 0. The minimum Gasteiger partial charge on any atom is -0.453 e. The molecule has 30 heavy (non-hydrogen) atoms. The van der Waals surface area contributed by atoms with Gasteiger partial charge < -0.3 is 8.82 Å². The van der Waals surface area contributed by atoms with Crippen molar-refractivity contribution >= 4 is 33.2 Å². The summed E-state index contributed by atoms with van der Waals surface area (Å²) in [6, 6.07) is 33.9. The molecule has 0 bridgehead atoms. The van der Waals surface area contributed by atoms with E-state index in [4.69, 9.17) is 4.42 Å². The molecule has 3 nitrogen and oxygen atoms in total. The van der Waals surface area contributed by atoms with Crippen LogP contribution in [0.1, 0.15) is 16.2 Å². The first-order valence-electron chi connectivity index (χ1n) is 9.91. The van der Waals surface area contributed by atoms with Gasteiger partial charge >= 0.3 is 0 Å². The molecule has 6 rings (SSSR count). The Kier molecular flexibility index (Phi) is 3.62. The van der Waals surface area contributed by atoms with E-state index in [2.05, 4.69) is 24.3 Å². The van der Waals surface area contributed by atoms with Gasteiger partial charge in [0.2, 0.25) is 5.78 Å². The number of hydrogen-bond donors (Lipinski definition) is 0. The summed E-state index contributed by atoms with van der Waals surface area (Å²) in [5.41, 5.74) is 5.21. The maximum Gasteiger partial charge on any atom is 0.245 e. The molecule has 0 saturated heterocycles. The number of furan rings is 1. The van der Waals surface area contributed by atoms with Gasteiger partial charge in [-0.05, 0) is 41.3 Å². The van der Waals surface area contributed by atoms with E-state index in [9.17, 15) is 4.79 Å². The lowest BCUT2D eigenvalue weighted by Crippen LogP contribution is -2.06. The van der Waals surface area contributed by atoms with Gasteiger partial charge in [-0.25, -0.2) is 0 Å². The van der Waals surface area contributed by atoms with Gasteiger partial charge in [-0.2, -0.15) is 0 Å². The van der Waals surface area contributed by atoms with Gasteiger partial charge in [0.1, 0.15) is 11.3 Å². The third-order valence-electron chi connectivity index (χ3n) is 5.59. The van der Waals surface area contributed by atoms with Gasteiger partial charge in [0, 0.05) is 16.5 Å². The van der Waals surface area contributed by atoms with Crippen molar-refractivity contribution in [3.63, 3.8) is 0 Å². The predicted octanol–water partition coefficient (Wildman–Crippen LogP) is 6.74. The Hall–Kier alpha value is -4.11. The SMILES string of the molecule is O=C(c1cc2ccccc2o1)c1c(-c2ccccc2)cc2ccc3ccccc3n12. The number of benzene rings is 3. The van der Waals surface area contributed by atoms with Crippen molar-refractivity contribution in [3.8, 4) is 11.1 Å². The molecule has 0 spiro atoms. The molecular formula is C27H17NO2. The van der Waals surface area contributed by atoms with Gasteiger partial charge in [0.05, 0.1) is 5.52 Å². The number of fused-ring (bicyclic) bond motifs is 4. The number of nitrogens with zero attached hydrogens (tertiary/aromatic N) is 1. The molecule has 0 aliphatic carbocycles. The highest BCUT2D eigenvalue weighted by Gasteiger charge is 2.24. The first-order valence-corrected chi connectivity index (χ1v) is 9.91. The molecule has 3 heteroatoms. The van der Waals surface area contributed by atoms with Crippen molar-refractivity contribution in [1.29, 1.82) is 0 Å². The molecule has 0 amide bonds. The third-order valence-corrected chi connectivity index (χ3v) is 5.59. The molecular weight excluding hydrogens is 370 g/mol. The molecule has 0 unspecified atom stereocenters. The Morgan fingerprint density at radius 2 is 1.43 bits per heavy atom. The second-order valence-corrected chi connectivity index (χ2v) is 7.40. The lowest BCUT2D eigenvalue weighted by molar-refractivity contribution is 0.101. The van der Waals surface area contributed by atoms with Gasteiger partial charge in [-0.1, -0.05) is 72.8 Å². The molecule has 0 aliphatic rings. The molecule has 0 saturated carbocycles. The summed E-state index contributed by atoms with van der Waals surface area (Å²) in [6.07, 6.45) is 0. The molecule has 0 aliphatic heterocycles. The highest BCUT2D eigenvalue weighted by molar-refractivity contribution is 6.13. The van der Waals surface area contributed by atoms with Crippen molar-refractivity contribution in [1.82, 2.24) is 4.40 Å². The highest BCUT2D eigenvalue weighted by Crippen LogP contribution is 2.33. The fourth-order valence-electron chi connectivity index (χ4n) is 4.19. The zero-order valence-corrected chi connectivity index (χ0v) is 16.1. The normalized spacial score (nSPS) is 11.5. The monoisotopic (exact) mass is 387 g/mol. The number of hydrogen-bond acceptors (Lipinski definition) is 2. The van der Waals surface area contributed by atoms with Gasteiger partial charge in [-0.3, -0.25) is 4.79 Å². The first kappa shape index (κ1) is 16.8. The molecule has 3 heterocycles. The van der Waals surface area contributed by atoms with Crippen LogP contribution in [-0.2, 0) is 0 Å². The van der Waals surface area contributed by atoms with Crippen molar-refractivity contribution in [2.45, 2.75) is 0 Å². The summed E-state index contributed by atoms with van der Waals surface area (Å²) in [5.74, 6) is 0.225. The molecule has 0 radical (unpaired) electrons. The summed E-state index contributed by atoms with van der Waals surface area (Å²) in [4.78, 5) is 13.8. The lowest BCUT2D eigenvalue weighted by atomic mass is 10.0. The van der Waals surface area contributed by atoms with Gasteiger partial charge in [-0.15, -0.1) is 0 Å². The zero-order valence-electron chi connectivity index (χ0n) is 16.1. The maximum atomic E-state index is 13.8. The van der Waals surface area contributed by atoms with Crippen LogP contribution in [-0.4, -0.2) is 10.2 Å². The van der Waals surface area contributed by atoms with E-state index in [0.29, 0.717) is 17.0 Å². The minimum atomic E-state index is -0.124. The van der Waals surface area contributed by atoms with Crippen LogP contribution >= 0.6 is 0 Å². The number of para-hydroxylation sites is 2. The summed E-state index contributed by atoms with van der Waals surface area (Å²) in [5, 5.41) is 2.01. The Balaban J connectivity index is 1.69. The molecule has 0 atom stereocenters. The van der Waals surface area contributed by atoms with Crippen molar-refractivity contribution in [2.24, 2.45) is 0 Å². The number of rotatable bonds is 3. The summed E-state index contributed by atoms with van der Waals surface area (Å²) in [6.45, 7) is 0. The number of ketones is 1. The van der Waals surface area contributed by atoms with Crippen LogP contribution in [0.5, 0.6) is 0 Å². The van der Waals surface area contributed by atoms with Crippen LogP contribution in [0.3, 0.4) is 0 Å². The first-order chi connectivity index (χ1) is 14.8. The van der Waals surface area contributed by atoms with E-state index < -0.39 is 0 Å². The third kappa shape index (κ3) is 2.49. The van der Waals surface area contributed by atoms with E-state index in [1.165, 1.54) is 0 Å². The average molecular weight is 387 g/mol. The highest BCUT2D eigenvalue weighted by atomic mass is 16.3. The van der Waals surface area contributed by atoms with E-state index in [1.807, 2.05) is 83.3 Å². The molecule has 6 aromatic rings. The van der Waals surface area contributed by atoms with E-state index in [-0.39, 0.29) is 5.78 Å². The fourth-order valence-corrected chi connectivity index (χ4v) is 4.19. The minimum absolute atomic E-state index is 0.124. The quantitative estimate of drug-likeness (QED) is 0.315. The predicted molar refractivity (Wildman–Crippen MR) is 120 cm³/mol. The number of carbonyl (C=O) groups is 1. The Bertz CT molecular complexity index is 1520. The summed E-state index contributed by atoms with van der Waals surface area (Å²) >= 11 is 0. The molecule has 142 valence electrons. The molecule has 0 fully saturated rings. The topological polar surface area (TPSA) is 34.6 Å². The molecule has 0 N–H and O–H groups in total. The van der Waals surface area contributed by atoms with Gasteiger partial charge in [0.25, 0.3) is 0 Å². The van der Waals surface area contributed by atoms with Crippen LogP contribution in [0.2, 0.25) is 0 Å². The van der Waals surface area contributed by atoms with Crippen LogP contribution < -0.4 is 0 Å². The summed E-state index contributed by atoms with van der Waals surface area (Å²) < 4.78 is 7.99. The van der Waals surface area contributed by atoms with E-state index >= 15 is 0 Å². The second kappa shape index (κ2) is 6.46. The Labute approximate surface area is 172 Å². The Morgan fingerprint density at radius 3 is 2.27 bits per heavy atom. The van der Waals surface area contributed by atoms with Crippen molar-refractivity contribution in [2.75, 3.05) is 0 Å². The van der Waals surface area contributed by atoms with E-state index in [0.717, 1.165) is 32.9 Å². The van der Waals surface area contributed by atoms with Crippen molar-refractivity contribution in [3.05, 3.63) is 115 Å². The largest absolute Gasteiger partial charge is 0.453 e. The lowest BCUT2D eigenvalue weighted by Gasteiger charge is -2.08. The number of carbonyl (C=O) groups excluding carboxylic acids is 1. The number of aromatic nitrogens is 1. The second-order valence-electron chi connectivity index (χ2n) is 7.40. The maximum absolute atomic E-state index is 13.8. The van der Waals surface area contributed by atoms with Crippen LogP contribution in [0.25, 0.3) is 38.5 Å². The standard InChI is InChI=1S/C27H17NO2/c29-27(25-16-20-11-5-7-13-24(20)30-25)26-22(18-8-2-1-3-9-18)17-21-15-14-19-10-4-6-12-23(19)28(21)26/h1-17H.